The summed E-state index contributed by atoms with van der Waals surface area (Å²) in [6.07, 6.45) is 0.828. The van der Waals surface area contributed by atoms with Crippen LogP contribution in [0, 0.1) is 18.8 Å². The highest BCUT2D eigenvalue weighted by Crippen LogP contribution is 2.20. The molecular formula is C17H21NO4. The molecule has 1 amide bonds. The molecule has 5 nitrogen and oxygen atoms in total. The molecule has 0 bridgehead atoms. The number of benzene rings is 1. The molecule has 0 aliphatic heterocycles. The SMILES string of the molecule is Cc1ccc2oc(=O)c(CC(CC(C)C)C(=O)NO)cc2c1. The van der Waals surface area contributed by atoms with Crippen molar-refractivity contribution in [3.05, 3.63) is 45.8 Å². The van der Waals surface area contributed by atoms with Crippen LogP contribution in [0.4, 0.5) is 0 Å². The molecule has 0 radical (unpaired) electrons. The van der Waals surface area contributed by atoms with Gasteiger partial charge in [-0.25, -0.2) is 10.3 Å². The second kappa shape index (κ2) is 6.75. The molecule has 0 saturated carbocycles. The van der Waals surface area contributed by atoms with E-state index < -0.39 is 17.5 Å². The zero-order chi connectivity index (χ0) is 16.3. The summed E-state index contributed by atoms with van der Waals surface area (Å²) >= 11 is 0. The number of hydrogen-bond donors (Lipinski definition) is 2. The van der Waals surface area contributed by atoms with Crippen LogP contribution in [0.1, 0.15) is 31.4 Å². The Bertz CT molecular complexity index is 733. The zero-order valence-corrected chi connectivity index (χ0v) is 13.1. The first-order valence-electron chi connectivity index (χ1n) is 7.38. The Labute approximate surface area is 128 Å². The normalized spacial score (nSPS) is 12.6. The molecule has 1 unspecified atom stereocenters. The lowest BCUT2D eigenvalue weighted by Gasteiger charge is -2.16. The lowest BCUT2D eigenvalue weighted by Crippen LogP contribution is -2.31. The van der Waals surface area contributed by atoms with Gasteiger partial charge >= 0.3 is 5.63 Å². The summed E-state index contributed by atoms with van der Waals surface area (Å²) < 4.78 is 5.32. The van der Waals surface area contributed by atoms with Crippen molar-refractivity contribution in [1.29, 1.82) is 0 Å². The van der Waals surface area contributed by atoms with Gasteiger partial charge in [0.15, 0.2) is 0 Å². The van der Waals surface area contributed by atoms with Gasteiger partial charge in [-0.05, 0) is 43.9 Å². The molecule has 0 aliphatic rings. The predicted octanol–water partition coefficient (Wildman–Crippen LogP) is 2.81. The van der Waals surface area contributed by atoms with Gasteiger partial charge in [0, 0.05) is 16.9 Å². The smallest absolute Gasteiger partial charge is 0.339 e. The Hall–Kier alpha value is -2.14. The largest absolute Gasteiger partial charge is 0.423 e. The molecule has 0 spiro atoms. The van der Waals surface area contributed by atoms with Crippen molar-refractivity contribution in [2.45, 2.75) is 33.6 Å². The highest BCUT2D eigenvalue weighted by atomic mass is 16.5. The molecule has 1 aromatic heterocycles. The van der Waals surface area contributed by atoms with E-state index in [0.717, 1.165) is 10.9 Å². The third-order valence-corrected chi connectivity index (χ3v) is 3.66. The fraction of sp³-hybridized carbons (Fsp3) is 0.412. The van der Waals surface area contributed by atoms with Crippen LogP contribution in [0.5, 0.6) is 0 Å². The molecule has 2 N–H and O–H groups in total. The molecule has 0 fully saturated rings. The van der Waals surface area contributed by atoms with E-state index in [-0.39, 0.29) is 12.3 Å². The van der Waals surface area contributed by atoms with Crippen molar-refractivity contribution in [1.82, 2.24) is 5.48 Å². The van der Waals surface area contributed by atoms with Gasteiger partial charge in [0.2, 0.25) is 5.91 Å². The highest BCUT2D eigenvalue weighted by Gasteiger charge is 2.22. The van der Waals surface area contributed by atoms with Gasteiger partial charge < -0.3 is 4.42 Å². The van der Waals surface area contributed by atoms with Gasteiger partial charge in [-0.3, -0.25) is 10.0 Å². The molecule has 1 heterocycles. The molecule has 1 aromatic carbocycles. The molecular weight excluding hydrogens is 282 g/mol. The quantitative estimate of drug-likeness (QED) is 0.506. The topological polar surface area (TPSA) is 79.5 Å². The van der Waals surface area contributed by atoms with Crippen LogP contribution in [-0.4, -0.2) is 11.1 Å². The molecule has 0 saturated heterocycles. The molecule has 22 heavy (non-hydrogen) atoms. The molecule has 5 heteroatoms. The number of fused-ring (bicyclic) bond motifs is 1. The van der Waals surface area contributed by atoms with E-state index in [9.17, 15) is 9.59 Å². The number of rotatable bonds is 5. The lowest BCUT2D eigenvalue weighted by molar-refractivity contribution is -0.133. The number of nitrogens with one attached hydrogen (secondary N) is 1. The summed E-state index contributed by atoms with van der Waals surface area (Å²) in [4.78, 5) is 23.9. The fourth-order valence-electron chi connectivity index (χ4n) is 2.64. The van der Waals surface area contributed by atoms with E-state index in [0.29, 0.717) is 17.6 Å². The van der Waals surface area contributed by atoms with Crippen LogP contribution in [-0.2, 0) is 11.2 Å². The van der Waals surface area contributed by atoms with Crippen molar-refractivity contribution in [2.75, 3.05) is 0 Å². The molecule has 118 valence electrons. The molecule has 1 atom stereocenters. The summed E-state index contributed by atoms with van der Waals surface area (Å²) in [5, 5.41) is 9.71. The van der Waals surface area contributed by atoms with Crippen LogP contribution in [0.2, 0.25) is 0 Å². The van der Waals surface area contributed by atoms with Gasteiger partial charge in [0.1, 0.15) is 5.58 Å². The van der Waals surface area contributed by atoms with Gasteiger partial charge in [-0.2, -0.15) is 0 Å². The first kappa shape index (κ1) is 16.2. The van der Waals surface area contributed by atoms with Crippen LogP contribution in [0.15, 0.2) is 33.5 Å². The van der Waals surface area contributed by atoms with Crippen molar-refractivity contribution < 1.29 is 14.4 Å². The molecule has 2 rings (SSSR count). The standard InChI is InChI=1S/C17H21NO4/c1-10(2)6-13(16(19)18-21)9-14-8-12-7-11(3)4-5-15(12)22-17(14)20/h4-5,7-8,10,13,21H,6,9H2,1-3H3,(H,18,19). The second-order valence-corrected chi connectivity index (χ2v) is 6.11. The molecule has 2 aromatic rings. The Morgan fingerprint density at radius 2 is 2.05 bits per heavy atom. The van der Waals surface area contributed by atoms with Crippen LogP contribution in [0.3, 0.4) is 0 Å². The number of aryl methyl sites for hydroxylation is 1. The fourth-order valence-corrected chi connectivity index (χ4v) is 2.64. The Morgan fingerprint density at radius 1 is 1.32 bits per heavy atom. The zero-order valence-electron chi connectivity index (χ0n) is 13.1. The van der Waals surface area contributed by atoms with Crippen molar-refractivity contribution in [2.24, 2.45) is 11.8 Å². The van der Waals surface area contributed by atoms with Crippen LogP contribution < -0.4 is 11.1 Å². The maximum atomic E-state index is 12.1. The second-order valence-electron chi connectivity index (χ2n) is 6.11. The average molecular weight is 303 g/mol. The lowest BCUT2D eigenvalue weighted by atomic mass is 9.90. The van der Waals surface area contributed by atoms with Crippen LogP contribution in [0.25, 0.3) is 11.0 Å². The van der Waals surface area contributed by atoms with E-state index >= 15 is 0 Å². The predicted molar refractivity (Wildman–Crippen MR) is 83.8 cm³/mol. The monoisotopic (exact) mass is 303 g/mol. The minimum Gasteiger partial charge on any atom is -0.423 e. The summed E-state index contributed by atoms with van der Waals surface area (Å²) in [5.41, 5.74) is 3.30. The first-order chi connectivity index (χ1) is 10.4. The van der Waals surface area contributed by atoms with Gasteiger partial charge in [0.05, 0.1) is 0 Å². The maximum Gasteiger partial charge on any atom is 0.339 e. The van der Waals surface area contributed by atoms with E-state index in [1.807, 2.05) is 32.9 Å². The minimum absolute atomic E-state index is 0.247. The van der Waals surface area contributed by atoms with Gasteiger partial charge in [-0.15, -0.1) is 0 Å². The minimum atomic E-state index is -0.475. The highest BCUT2D eigenvalue weighted by molar-refractivity contribution is 5.79. The number of carbonyl (C=O) groups is 1. The van der Waals surface area contributed by atoms with Gasteiger partial charge in [0.25, 0.3) is 0 Å². The Kier molecular flexibility index (Phi) is 4.98. The maximum absolute atomic E-state index is 12.1. The van der Waals surface area contributed by atoms with E-state index in [1.54, 1.807) is 17.6 Å². The van der Waals surface area contributed by atoms with E-state index in [2.05, 4.69) is 0 Å². The van der Waals surface area contributed by atoms with Gasteiger partial charge in [-0.1, -0.05) is 25.5 Å². The van der Waals surface area contributed by atoms with Crippen LogP contribution >= 0.6 is 0 Å². The van der Waals surface area contributed by atoms with E-state index in [1.165, 1.54) is 0 Å². The number of hydroxylamine groups is 1. The average Bonchev–Trinajstić information content (AvgIpc) is 2.46. The van der Waals surface area contributed by atoms with Crippen molar-refractivity contribution in [3.63, 3.8) is 0 Å². The Morgan fingerprint density at radius 3 is 2.68 bits per heavy atom. The van der Waals surface area contributed by atoms with Crippen molar-refractivity contribution >= 4 is 16.9 Å². The van der Waals surface area contributed by atoms with E-state index in [4.69, 9.17) is 9.62 Å². The first-order valence-corrected chi connectivity index (χ1v) is 7.38. The third kappa shape index (κ3) is 3.74. The third-order valence-electron chi connectivity index (χ3n) is 3.66. The van der Waals surface area contributed by atoms with Crippen molar-refractivity contribution in [3.8, 4) is 0 Å². The number of hydrogen-bond acceptors (Lipinski definition) is 4. The summed E-state index contributed by atoms with van der Waals surface area (Å²) in [6, 6.07) is 7.35. The molecule has 0 aliphatic carbocycles. The summed E-state index contributed by atoms with van der Waals surface area (Å²) in [7, 11) is 0. The number of amides is 1. The number of carbonyl (C=O) groups excluding carboxylic acids is 1. The summed E-state index contributed by atoms with van der Waals surface area (Å²) in [5.74, 6) is -0.662. The Balaban J connectivity index is 2.37. The summed E-state index contributed by atoms with van der Waals surface area (Å²) in [6.45, 7) is 5.94.